The van der Waals surface area contributed by atoms with Crippen molar-refractivity contribution in [1.82, 2.24) is 20.0 Å². The Bertz CT molecular complexity index is 1450. The molecule has 1 aromatic heterocycles. The molecule has 8 nitrogen and oxygen atoms in total. The molecule has 0 saturated carbocycles. The second-order valence-corrected chi connectivity index (χ2v) is 10.5. The van der Waals surface area contributed by atoms with Crippen molar-refractivity contribution in [2.75, 3.05) is 42.9 Å². The molecular formula is C32H33ClN6O2. The molecule has 0 aliphatic carbocycles. The monoisotopic (exact) mass is 568 g/mol. The first-order chi connectivity index (χ1) is 20.0. The molecule has 210 valence electrons. The second kappa shape index (κ2) is 13.3. The maximum absolute atomic E-state index is 13.6. The van der Waals surface area contributed by atoms with Crippen LogP contribution in [0.15, 0.2) is 97.1 Å². The number of carbonyl (C=O) groups is 2. The summed E-state index contributed by atoms with van der Waals surface area (Å²) in [4.78, 5) is 32.6. The maximum Gasteiger partial charge on any atom is 0.322 e. The zero-order valence-electron chi connectivity index (χ0n) is 23.0. The predicted octanol–water partition coefficient (Wildman–Crippen LogP) is 6.13. The topological polar surface area (TPSA) is 81.7 Å². The van der Waals surface area contributed by atoms with Crippen LogP contribution in [0.3, 0.4) is 0 Å². The largest absolute Gasteiger partial charge is 0.353 e. The van der Waals surface area contributed by atoms with Crippen LogP contribution in [0.1, 0.15) is 24.9 Å². The number of anilines is 2. The van der Waals surface area contributed by atoms with Crippen LogP contribution in [0.2, 0.25) is 5.02 Å². The van der Waals surface area contributed by atoms with E-state index >= 15 is 0 Å². The highest BCUT2D eigenvalue weighted by Gasteiger charge is 2.28. The van der Waals surface area contributed by atoms with Crippen LogP contribution < -0.4 is 10.2 Å². The van der Waals surface area contributed by atoms with Crippen LogP contribution in [0.4, 0.5) is 16.3 Å². The minimum atomic E-state index is -0.359. The Kier molecular flexibility index (Phi) is 9.11. The number of aromatic nitrogens is 2. The standard InChI is InChI=1S/C32H33ClN6O2/c1-24(25-10-4-2-5-11-25)39(32(41)34-28-15-8-14-27(33)22-28)23-31(40)38-19-9-18-37(20-21-38)30-17-16-29(35-36-30)26-12-6-3-7-13-26/h2-8,10-17,22,24H,9,18-21,23H2,1H3,(H,34,41)/t24-/m1/s1. The molecule has 3 aromatic carbocycles. The molecule has 0 radical (unpaired) electrons. The lowest BCUT2D eigenvalue weighted by Gasteiger charge is -2.31. The van der Waals surface area contributed by atoms with Crippen molar-refractivity contribution >= 4 is 35.0 Å². The second-order valence-electron chi connectivity index (χ2n) is 10.0. The van der Waals surface area contributed by atoms with Gasteiger partial charge in [-0.3, -0.25) is 4.79 Å². The fourth-order valence-electron chi connectivity index (χ4n) is 4.96. The van der Waals surface area contributed by atoms with Crippen LogP contribution in [0.5, 0.6) is 0 Å². The van der Waals surface area contributed by atoms with E-state index in [0.717, 1.165) is 35.6 Å². The van der Waals surface area contributed by atoms with E-state index < -0.39 is 0 Å². The van der Waals surface area contributed by atoms with Crippen molar-refractivity contribution in [2.45, 2.75) is 19.4 Å². The van der Waals surface area contributed by atoms with Crippen LogP contribution in [0.25, 0.3) is 11.3 Å². The summed E-state index contributed by atoms with van der Waals surface area (Å²) >= 11 is 6.12. The number of nitrogens with zero attached hydrogens (tertiary/aromatic N) is 5. The van der Waals surface area contributed by atoms with Gasteiger partial charge in [-0.1, -0.05) is 78.3 Å². The average molecular weight is 569 g/mol. The molecule has 0 spiro atoms. The number of hydrogen-bond acceptors (Lipinski definition) is 5. The number of hydrogen-bond donors (Lipinski definition) is 1. The van der Waals surface area contributed by atoms with Gasteiger partial charge in [0.2, 0.25) is 5.91 Å². The predicted molar refractivity (Wildman–Crippen MR) is 163 cm³/mol. The van der Waals surface area contributed by atoms with Gasteiger partial charge in [0.15, 0.2) is 5.82 Å². The molecule has 4 aromatic rings. The Hall–Kier alpha value is -4.43. The first-order valence-electron chi connectivity index (χ1n) is 13.8. The number of nitrogens with one attached hydrogen (secondary N) is 1. The van der Waals surface area contributed by atoms with Crippen LogP contribution in [-0.2, 0) is 4.79 Å². The Labute approximate surface area is 245 Å². The lowest BCUT2D eigenvalue weighted by atomic mass is 10.1. The van der Waals surface area contributed by atoms with Crippen molar-refractivity contribution in [1.29, 1.82) is 0 Å². The Morgan fingerprint density at radius 2 is 1.63 bits per heavy atom. The van der Waals surface area contributed by atoms with E-state index in [1.54, 1.807) is 29.2 Å². The molecule has 1 aliphatic rings. The van der Waals surface area contributed by atoms with Crippen molar-refractivity contribution in [2.24, 2.45) is 0 Å². The summed E-state index contributed by atoms with van der Waals surface area (Å²) in [5, 5.41) is 12.3. The third-order valence-corrected chi connectivity index (χ3v) is 7.52. The first kappa shape index (κ1) is 28.1. The zero-order valence-corrected chi connectivity index (χ0v) is 23.7. The summed E-state index contributed by atoms with van der Waals surface area (Å²) in [5.41, 5.74) is 3.36. The fraction of sp³-hybridized carbons (Fsp3) is 0.250. The van der Waals surface area contributed by atoms with E-state index in [0.29, 0.717) is 30.3 Å². The van der Waals surface area contributed by atoms with Crippen LogP contribution >= 0.6 is 11.6 Å². The molecule has 1 fully saturated rings. The van der Waals surface area contributed by atoms with E-state index in [-0.39, 0.29) is 24.5 Å². The van der Waals surface area contributed by atoms with Crippen molar-refractivity contribution in [3.8, 4) is 11.3 Å². The third-order valence-electron chi connectivity index (χ3n) is 7.28. The molecule has 0 bridgehead atoms. The first-order valence-corrected chi connectivity index (χ1v) is 14.2. The highest BCUT2D eigenvalue weighted by molar-refractivity contribution is 6.30. The quantitative estimate of drug-likeness (QED) is 0.290. The summed E-state index contributed by atoms with van der Waals surface area (Å²) in [6, 6.07) is 29.9. The van der Waals surface area contributed by atoms with E-state index in [4.69, 9.17) is 11.6 Å². The van der Waals surface area contributed by atoms with Gasteiger partial charge in [-0.25, -0.2) is 4.79 Å². The van der Waals surface area contributed by atoms with Gasteiger partial charge < -0.3 is 20.0 Å². The van der Waals surface area contributed by atoms with E-state index in [9.17, 15) is 9.59 Å². The van der Waals surface area contributed by atoms with Gasteiger partial charge >= 0.3 is 6.03 Å². The fourth-order valence-corrected chi connectivity index (χ4v) is 5.15. The van der Waals surface area contributed by atoms with Gasteiger partial charge in [-0.2, -0.15) is 0 Å². The normalized spacial score (nSPS) is 14.2. The molecule has 1 saturated heterocycles. The van der Waals surface area contributed by atoms with E-state index in [1.165, 1.54) is 0 Å². The summed E-state index contributed by atoms with van der Waals surface area (Å²) in [6.07, 6.45) is 0.788. The van der Waals surface area contributed by atoms with Gasteiger partial charge in [0.25, 0.3) is 0 Å². The summed E-state index contributed by atoms with van der Waals surface area (Å²) in [6.45, 7) is 4.42. The van der Waals surface area contributed by atoms with E-state index in [2.05, 4.69) is 20.4 Å². The van der Waals surface area contributed by atoms with Crippen LogP contribution in [0, 0.1) is 0 Å². The molecule has 1 N–H and O–H groups in total. The van der Waals surface area contributed by atoms with Gasteiger partial charge in [0.1, 0.15) is 6.54 Å². The highest BCUT2D eigenvalue weighted by atomic mass is 35.5. The smallest absolute Gasteiger partial charge is 0.322 e. The van der Waals surface area contributed by atoms with Crippen molar-refractivity contribution < 1.29 is 9.59 Å². The van der Waals surface area contributed by atoms with Crippen molar-refractivity contribution in [3.05, 3.63) is 108 Å². The molecule has 41 heavy (non-hydrogen) atoms. The number of amides is 3. The highest BCUT2D eigenvalue weighted by Crippen LogP contribution is 2.23. The molecule has 1 aliphatic heterocycles. The molecule has 3 amide bonds. The molecule has 9 heteroatoms. The number of urea groups is 1. The Morgan fingerprint density at radius 3 is 2.34 bits per heavy atom. The minimum absolute atomic E-state index is 0.0476. The lowest BCUT2D eigenvalue weighted by molar-refractivity contribution is -0.131. The number of halogens is 1. The summed E-state index contributed by atoms with van der Waals surface area (Å²) < 4.78 is 0. The Balaban J connectivity index is 1.26. The third kappa shape index (κ3) is 7.21. The average Bonchev–Trinajstić information content (AvgIpc) is 3.27. The molecule has 2 heterocycles. The number of benzene rings is 3. The maximum atomic E-state index is 13.6. The van der Waals surface area contributed by atoms with Crippen molar-refractivity contribution in [3.63, 3.8) is 0 Å². The molecule has 1 atom stereocenters. The summed E-state index contributed by atoms with van der Waals surface area (Å²) in [7, 11) is 0. The zero-order chi connectivity index (χ0) is 28.6. The molecule has 5 rings (SSSR count). The van der Waals surface area contributed by atoms with Gasteiger partial charge in [-0.15, -0.1) is 10.2 Å². The minimum Gasteiger partial charge on any atom is -0.353 e. The molecule has 0 unspecified atom stereocenters. The van der Waals surface area contributed by atoms with Gasteiger partial charge in [0.05, 0.1) is 11.7 Å². The molecular weight excluding hydrogens is 536 g/mol. The Morgan fingerprint density at radius 1 is 0.878 bits per heavy atom. The SMILES string of the molecule is C[C@H](c1ccccc1)N(CC(=O)N1CCCN(c2ccc(-c3ccccc3)nn2)CC1)C(=O)Nc1cccc(Cl)c1. The number of carbonyl (C=O) groups excluding carboxylic acids is 2. The lowest BCUT2D eigenvalue weighted by Crippen LogP contribution is -2.46. The summed E-state index contributed by atoms with van der Waals surface area (Å²) in [5.74, 6) is 0.695. The van der Waals surface area contributed by atoms with E-state index in [1.807, 2.05) is 84.6 Å². The number of rotatable bonds is 7. The van der Waals surface area contributed by atoms with Gasteiger partial charge in [-0.05, 0) is 49.2 Å². The van der Waals surface area contributed by atoms with Crippen LogP contribution in [-0.4, -0.2) is 64.7 Å². The van der Waals surface area contributed by atoms with Gasteiger partial charge in [0, 0.05) is 42.5 Å².